The Morgan fingerprint density at radius 1 is 1.31 bits per heavy atom. The number of aryl methyl sites for hydroxylation is 1. The highest BCUT2D eigenvalue weighted by atomic mass is 127. The lowest BCUT2D eigenvalue weighted by Gasteiger charge is -2.29. The van der Waals surface area contributed by atoms with E-state index in [1.165, 1.54) is 11.6 Å². The summed E-state index contributed by atoms with van der Waals surface area (Å²) in [5.74, 6) is 1.10. The van der Waals surface area contributed by atoms with Crippen LogP contribution in [0.4, 0.5) is 4.39 Å². The molecule has 0 aliphatic carbocycles. The van der Waals surface area contributed by atoms with Crippen LogP contribution in [0.1, 0.15) is 49.3 Å². The molecular formula is C23H33ClFIN6. The average molecular weight is 575 g/mol. The van der Waals surface area contributed by atoms with Gasteiger partial charge in [0.2, 0.25) is 0 Å². The average Bonchev–Trinajstić information content (AvgIpc) is 3.50. The Bertz CT molecular complexity index is 893. The van der Waals surface area contributed by atoms with E-state index in [4.69, 9.17) is 16.6 Å². The second-order valence-corrected chi connectivity index (χ2v) is 8.87. The molecule has 32 heavy (non-hydrogen) atoms. The normalized spacial score (nSPS) is 20.4. The highest BCUT2D eigenvalue weighted by Gasteiger charge is 2.30. The van der Waals surface area contributed by atoms with Crippen molar-refractivity contribution in [1.29, 1.82) is 0 Å². The topological polar surface area (TPSA) is 48.7 Å². The molecule has 2 atom stereocenters. The second-order valence-electron chi connectivity index (χ2n) is 8.47. The van der Waals surface area contributed by atoms with Crippen molar-refractivity contribution in [3.63, 3.8) is 0 Å². The van der Waals surface area contributed by atoms with Gasteiger partial charge in [0.1, 0.15) is 5.82 Å². The minimum absolute atomic E-state index is 0. The molecule has 4 rings (SSSR count). The molecule has 9 heteroatoms. The molecule has 0 amide bonds. The first-order chi connectivity index (χ1) is 15.1. The zero-order valence-corrected chi connectivity index (χ0v) is 21.9. The van der Waals surface area contributed by atoms with Crippen LogP contribution in [-0.2, 0) is 7.05 Å². The van der Waals surface area contributed by atoms with Crippen molar-refractivity contribution in [2.45, 2.75) is 38.1 Å². The highest BCUT2D eigenvalue weighted by molar-refractivity contribution is 14.0. The van der Waals surface area contributed by atoms with Crippen molar-refractivity contribution in [1.82, 2.24) is 24.9 Å². The lowest BCUT2D eigenvalue weighted by atomic mass is 10.0. The summed E-state index contributed by atoms with van der Waals surface area (Å²) in [5.41, 5.74) is 1.84. The van der Waals surface area contributed by atoms with E-state index in [-0.39, 0.29) is 35.8 Å². The van der Waals surface area contributed by atoms with Gasteiger partial charge in [-0.25, -0.2) is 4.39 Å². The van der Waals surface area contributed by atoms with Crippen molar-refractivity contribution in [3.8, 4) is 0 Å². The Hall–Kier alpha value is -1.39. The van der Waals surface area contributed by atoms with E-state index in [1.807, 2.05) is 17.9 Å². The van der Waals surface area contributed by atoms with Crippen LogP contribution in [0, 0.1) is 5.82 Å². The predicted octanol–water partition coefficient (Wildman–Crippen LogP) is 4.42. The van der Waals surface area contributed by atoms with Gasteiger partial charge in [0.25, 0.3) is 0 Å². The van der Waals surface area contributed by atoms with Gasteiger partial charge >= 0.3 is 0 Å². The molecule has 0 saturated carbocycles. The van der Waals surface area contributed by atoms with E-state index >= 15 is 0 Å². The number of aliphatic imine (C=N–C) groups is 1. The SMILES string of the molecule is CCNC(=NCC(c1c(F)cccc1Cl)N1CCCC1)N1CCC(c2cnn(C)c2)C1.I. The van der Waals surface area contributed by atoms with Crippen molar-refractivity contribution in [2.75, 3.05) is 39.3 Å². The molecule has 1 aromatic heterocycles. The molecule has 1 aromatic carbocycles. The van der Waals surface area contributed by atoms with Gasteiger partial charge in [0.05, 0.1) is 18.8 Å². The smallest absolute Gasteiger partial charge is 0.194 e. The Labute approximate surface area is 212 Å². The minimum atomic E-state index is -0.248. The first-order valence-corrected chi connectivity index (χ1v) is 11.6. The van der Waals surface area contributed by atoms with Gasteiger partial charge in [-0.2, -0.15) is 5.10 Å². The van der Waals surface area contributed by atoms with Crippen LogP contribution in [-0.4, -0.2) is 64.8 Å². The molecule has 0 radical (unpaired) electrons. The summed E-state index contributed by atoms with van der Waals surface area (Å²) in [5, 5.41) is 8.24. The number of aromatic nitrogens is 2. The van der Waals surface area contributed by atoms with Crippen molar-refractivity contribution >= 4 is 41.5 Å². The summed E-state index contributed by atoms with van der Waals surface area (Å²) < 4.78 is 16.6. The molecule has 176 valence electrons. The minimum Gasteiger partial charge on any atom is -0.357 e. The van der Waals surface area contributed by atoms with E-state index in [0.29, 0.717) is 23.0 Å². The fraction of sp³-hybridized carbons (Fsp3) is 0.565. The maximum absolute atomic E-state index is 14.8. The fourth-order valence-corrected chi connectivity index (χ4v) is 5.04. The van der Waals surface area contributed by atoms with Crippen LogP contribution in [0.25, 0.3) is 0 Å². The molecule has 2 aliphatic rings. The molecule has 6 nitrogen and oxygen atoms in total. The summed E-state index contributed by atoms with van der Waals surface area (Å²) in [4.78, 5) is 9.61. The van der Waals surface area contributed by atoms with E-state index < -0.39 is 0 Å². The number of hydrogen-bond acceptors (Lipinski definition) is 3. The van der Waals surface area contributed by atoms with E-state index in [2.05, 4.69) is 33.3 Å². The van der Waals surface area contributed by atoms with E-state index in [1.54, 1.807) is 12.1 Å². The molecular weight excluding hydrogens is 542 g/mol. The van der Waals surface area contributed by atoms with Crippen molar-refractivity contribution in [3.05, 3.63) is 52.6 Å². The number of guanidine groups is 1. The van der Waals surface area contributed by atoms with Gasteiger partial charge in [-0.1, -0.05) is 17.7 Å². The molecule has 1 N–H and O–H groups in total. The summed E-state index contributed by atoms with van der Waals surface area (Å²) in [7, 11) is 1.95. The molecule has 0 bridgehead atoms. The van der Waals surface area contributed by atoms with Crippen molar-refractivity contribution < 1.29 is 4.39 Å². The number of halogens is 3. The summed E-state index contributed by atoms with van der Waals surface area (Å²) >= 11 is 6.45. The number of rotatable bonds is 6. The fourth-order valence-electron chi connectivity index (χ4n) is 4.75. The second kappa shape index (κ2) is 11.7. The Kier molecular flexibility index (Phi) is 9.19. The Morgan fingerprint density at radius 2 is 2.09 bits per heavy atom. The van der Waals surface area contributed by atoms with E-state index in [9.17, 15) is 4.39 Å². The van der Waals surface area contributed by atoms with Crippen LogP contribution < -0.4 is 5.32 Å². The third-order valence-corrected chi connectivity index (χ3v) is 6.68. The number of benzene rings is 1. The zero-order valence-electron chi connectivity index (χ0n) is 18.8. The molecule has 2 aliphatic heterocycles. The summed E-state index contributed by atoms with van der Waals surface area (Å²) in [6.07, 6.45) is 7.39. The number of hydrogen-bond donors (Lipinski definition) is 1. The van der Waals surface area contributed by atoms with Gasteiger partial charge in [0.15, 0.2) is 5.96 Å². The van der Waals surface area contributed by atoms with Crippen LogP contribution in [0.15, 0.2) is 35.6 Å². The molecule has 2 aromatic rings. The number of likely N-dealkylation sites (tertiary alicyclic amines) is 2. The lowest BCUT2D eigenvalue weighted by Crippen LogP contribution is -2.40. The van der Waals surface area contributed by atoms with Crippen LogP contribution in [0.5, 0.6) is 0 Å². The van der Waals surface area contributed by atoms with Gasteiger partial charge in [-0.15, -0.1) is 24.0 Å². The highest BCUT2D eigenvalue weighted by Crippen LogP contribution is 2.33. The van der Waals surface area contributed by atoms with Crippen LogP contribution in [0.3, 0.4) is 0 Å². The van der Waals surface area contributed by atoms with E-state index in [0.717, 1.165) is 57.9 Å². The van der Waals surface area contributed by atoms with Gasteiger partial charge in [0, 0.05) is 49.4 Å². The third-order valence-electron chi connectivity index (χ3n) is 6.35. The largest absolute Gasteiger partial charge is 0.357 e. The maximum atomic E-state index is 14.8. The first kappa shape index (κ1) is 25.2. The Morgan fingerprint density at radius 3 is 2.75 bits per heavy atom. The zero-order chi connectivity index (χ0) is 21.8. The maximum Gasteiger partial charge on any atom is 0.194 e. The number of nitrogens with zero attached hydrogens (tertiary/aromatic N) is 5. The summed E-state index contributed by atoms with van der Waals surface area (Å²) in [6.45, 7) is 7.11. The van der Waals surface area contributed by atoms with Crippen LogP contribution in [0.2, 0.25) is 5.02 Å². The third kappa shape index (κ3) is 5.75. The van der Waals surface area contributed by atoms with Crippen molar-refractivity contribution in [2.24, 2.45) is 12.0 Å². The van der Waals surface area contributed by atoms with Gasteiger partial charge < -0.3 is 10.2 Å². The van der Waals surface area contributed by atoms with Gasteiger partial charge in [-0.3, -0.25) is 14.6 Å². The summed E-state index contributed by atoms with van der Waals surface area (Å²) in [6, 6.07) is 4.79. The lowest BCUT2D eigenvalue weighted by molar-refractivity contribution is 0.246. The molecule has 0 spiro atoms. The molecule has 3 heterocycles. The molecule has 2 saturated heterocycles. The standard InChI is InChI=1S/C23H32ClFN6.HI/c1-3-26-23(31-12-9-17(16-31)18-13-28-29(2)15-18)27-14-21(30-10-4-5-11-30)22-19(24)7-6-8-20(22)25;/h6-8,13,15,17,21H,3-5,9-12,14,16H2,1-2H3,(H,26,27);1H. The first-order valence-electron chi connectivity index (χ1n) is 11.3. The quantitative estimate of drug-likeness (QED) is 0.315. The monoisotopic (exact) mass is 574 g/mol. The van der Waals surface area contributed by atoms with Crippen LogP contribution >= 0.6 is 35.6 Å². The molecule has 2 fully saturated rings. The van der Waals surface area contributed by atoms with Gasteiger partial charge in [-0.05, 0) is 57.0 Å². The Balaban J connectivity index is 0.00000289. The molecule has 2 unspecified atom stereocenters. The predicted molar refractivity (Wildman–Crippen MR) is 138 cm³/mol. The number of nitrogens with one attached hydrogen (secondary N) is 1.